The van der Waals surface area contributed by atoms with Gasteiger partial charge in [0.25, 0.3) is 0 Å². The fraction of sp³-hybridized carbons (Fsp3) is 0.455. The lowest BCUT2D eigenvalue weighted by molar-refractivity contribution is 0.171. The molecule has 2 rings (SSSR count). The van der Waals surface area contributed by atoms with E-state index in [2.05, 4.69) is 31.2 Å². The van der Waals surface area contributed by atoms with Gasteiger partial charge in [-0.15, -0.1) is 0 Å². The number of epoxide rings is 1. The number of benzene rings is 1. The van der Waals surface area contributed by atoms with Crippen molar-refractivity contribution in [2.45, 2.75) is 18.9 Å². The van der Waals surface area contributed by atoms with E-state index in [9.17, 15) is 0 Å². The van der Waals surface area contributed by atoms with Crippen molar-refractivity contribution in [1.29, 1.82) is 0 Å². The third kappa shape index (κ3) is 1.90. The Balaban J connectivity index is 2.06. The van der Waals surface area contributed by atoms with E-state index in [0.29, 0.717) is 6.61 Å². The summed E-state index contributed by atoms with van der Waals surface area (Å²) < 4.78 is 5.23. The Bertz CT molecular complexity index is 285. The Hall–Kier alpha value is -0.860. The van der Waals surface area contributed by atoms with Gasteiger partial charge in [0.2, 0.25) is 0 Å². The maximum Gasteiger partial charge on any atom is 0.118 e. The molecule has 0 spiro atoms. The molecule has 0 amide bonds. The predicted molar refractivity (Wildman–Crippen MR) is 50.7 cm³/mol. The van der Waals surface area contributed by atoms with Crippen molar-refractivity contribution in [2.24, 2.45) is 0 Å². The highest BCUT2D eigenvalue weighted by molar-refractivity contribution is 5.23. The van der Waals surface area contributed by atoms with Crippen LogP contribution in [0, 0.1) is 6.92 Å². The van der Waals surface area contributed by atoms with Crippen LogP contribution < -0.4 is 0 Å². The minimum atomic E-state index is -0.255. The molecular formula is C11H14O2. The molecule has 0 saturated carbocycles. The average Bonchev–Trinajstić information content (AvgIpc) is 2.90. The first-order chi connectivity index (χ1) is 6.24. The monoisotopic (exact) mass is 178 g/mol. The molecular weight excluding hydrogens is 164 g/mol. The number of aryl methyl sites for hydroxylation is 1. The van der Waals surface area contributed by atoms with Crippen LogP contribution in [-0.2, 0) is 11.2 Å². The van der Waals surface area contributed by atoms with Gasteiger partial charge >= 0.3 is 0 Å². The molecule has 1 fully saturated rings. The highest BCUT2D eigenvalue weighted by atomic mass is 16.6. The van der Waals surface area contributed by atoms with E-state index in [4.69, 9.17) is 9.84 Å². The number of aliphatic hydroxyl groups is 1. The number of hydrogen-bond donors (Lipinski definition) is 1. The lowest BCUT2D eigenvalue weighted by Gasteiger charge is -2.07. The average molecular weight is 178 g/mol. The van der Waals surface area contributed by atoms with E-state index < -0.39 is 0 Å². The van der Waals surface area contributed by atoms with Crippen LogP contribution in [0.5, 0.6) is 0 Å². The minimum Gasteiger partial charge on any atom is -0.393 e. The van der Waals surface area contributed by atoms with Gasteiger partial charge in [-0.2, -0.15) is 0 Å². The molecule has 70 valence electrons. The smallest absolute Gasteiger partial charge is 0.118 e. The molecule has 1 aliphatic heterocycles. The second kappa shape index (κ2) is 3.13. The summed E-state index contributed by atoms with van der Waals surface area (Å²) in [6, 6.07) is 8.36. The Morgan fingerprint density at radius 1 is 1.38 bits per heavy atom. The second-order valence-electron chi connectivity index (χ2n) is 3.79. The zero-order valence-corrected chi connectivity index (χ0v) is 7.79. The standard InChI is InChI=1S/C11H14O2/c1-9-2-4-10(5-3-9)6-11(7-12)8-13-11/h2-5,12H,6-8H2,1H3/t11-/m0/s1. The largest absolute Gasteiger partial charge is 0.393 e. The molecule has 1 N–H and O–H groups in total. The van der Waals surface area contributed by atoms with Gasteiger partial charge < -0.3 is 9.84 Å². The number of ether oxygens (including phenoxy) is 1. The molecule has 13 heavy (non-hydrogen) atoms. The molecule has 0 aliphatic carbocycles. The fourth-order valence-corrected chi connectivity index (χ4v) is 1.43. The van der Waals surface area contributed by atoms with E-state index in [1.54, 1.807) is 0 Å². The summed E-state index contributed by atoms with van der Waals surface area (Å²) in [5.41, 5.74) is 2.24. The summed E-state index contributed by atoms with van der Waals surface area (Å²) in [5, 5.41) is 9.05. The molecule has 1 aliphatic rings. The van der Waals surface area contributed by atoms with Crippen LogP contribution in [-0.4, -0.2) is 23.9 Å². The summed E-state index contributed by atoms with van der Waals surface area (Å²) in [4.78, 5) is 0. The van der Waals surface area contributed by atoms with Crippen LogP contribution in [0.1, 0.15) is 11.1 Å². The number of hydrogen-bond acceptors (Lipinski definition) is 2. The van der Waals surface area contributed by atoms with Crippen molar-refractivity contribution in [3.63, 3.8) is 0 Å². The lowest BCUT2D eigenvalue weighted by Crippen LogP contribution is -2.19. The third-order valence-corrected chi connectivity index (χ3v) is 2.49. The summed E-state index contributed by atoms with van der Waals surface area (Å²) >= 11 is 0. The van der Waals surface area contributed by atoms with Gasteiger partial charge in [0.05, 0.1) is 13.2 Å². The van der Waals surface area contributed by atoms with E-state index in [1.807, 2.05) is 0 Å². The lowest BCUT2D eigenvalue weighted by atomic mass is 10.0. The van der Waals surface area contributed by atoms with Gasteiger partial charge in [-0.25, -0.2) is 0 Å². The summed E-state index contributed by atoms with van der Waals surface area (Å²) in [6.07, 6.45) is 0.823. The van der Waals surface area contributed by atoms with Crippen molar-refractivity contribution in [2.75, 3.05) is 13.2 Å². The van der Waals surface area contributed by atoms with E-state index in [1.165, 1.54) is 11.1 Å². The van der Waals surface area contributed by atoms with Gasteiger partial charge in [-0.1, -0.05) is 29.8 Å². The topological polar surface area (TPSA) is 32.8 Å². The molecule has 0 bridgehead atoms. The van der Waals surface area contributed by atoms with Gasteiger partial charge in [0.15, 0.2) is 0 Å². The van der Waals surface area contributed by atoms with Crippen LogP contribution in [0.3, 0.4) is 0 Å². The molecule has 1 aromatic carbocycles. The number of rotatable bonds is 3. The molecule has 0 radical (unpaired) electrons. The zero-order valence-electron chi connectivity index (χ0n) is 7.79. The first-order valence-corrected chi connectivity index (χ1v) is 4.54. The Labute approximate surface area is 78.2 Å². The van der Waals surface area contributed by atoms with Crippen molar-refractivity contribution in [3.05, 3.63) is 35.4 Å². The van der Waals surface area contributed by atoms with E-state index in [-0.39, 0.29) is 12.2 Å². The van der Waals surface area contributed by atoms with Gasteiger partial charge in [0.1, 0.15) is 5.60 Å². The van der Waals surface area contributed by atoms with E-state index in [0.717, 1.165) is 6.42 Å². The Kier molecular flexibility index (Phi) is 2.10. The molecule has 1 heterocycles. The molecule has 0 aromatic heterocycles. The normalized spacial score (nSPS) is 26.0. The first-order valence-electron chi connectivity index (χ1n) is 4.54. The molecule has 1 aromatic rings. The maximum absolute atomic E-state index is 9.05. The van der Waals surface area contributed by atoms with Crippen LogP contribution in [0.2, 0.25) is 0 Å². The molecule has 1 atom stereocenters. The van der Waals surface area contributed by atoms with Crippen LogP contribution in [0.15, 0.2) is 24.3 Å². The van der Waals surface area contributed by atoms with Gasteiger partial charge in [0, 0.05) is 6.42 Å². The molecule has 0 unspecified atom stereocenters. The minimum absolute atomic E-state index is 0.126. The maximum atomic E-state index is 9.05. The molecule has 1 saturated heterocycles. The fourth-order valence-electron chi connectivity index (χ4n) is 1.43. The van der Waals surface area contributed by atoms with Crippen molar-refractivity contribution >= 4 is 0 Å². The van der Waals surface area contributed by atoms with Crippen molar-refractivity contribution in [3.8, 4) is 0 Å². The Morgan fingerprint density at radius 2 is 2.00 bits per heavy atom. The molecule has 2 nitrogen and oxygen atoms in total. The predicted octanol–water partition coefficient (Wildman–Crippen LogP) is 1.30. The Morgan fingerprint density at radius 3 is 2.46 bits per heavy atom. The summed E-state index contributed by atoms with van der Waals surface area (Å²) in [7, 11) is 0. The van der Waals surface area contributed by atoms with Crippen LogP contribution in [0.4, 0.5) is 0 Å². The highest BCUT2D eigenvalue weighted by Gasteiger charge is 2.43. The molecule has 2 heteroatoms. The number of aliphatic hydroxyl groups excluding tert-OH is 1. The quantitative estimate of drug-likeness (QED) is 0.708. The van der Waals surface area contributed by atoms with E-state index >= 15 is 0 Å². The van der Waals surface area contributed by atoms with Crippen molar-refractivity contribution in [1.82, 2.24) is 0 Å². The summed E-state index contributed by atoms with van der Waals surface area (Å²) in [5.74, 6) is 0. The first kappa shape index (κ1) is 8.73. The van der Waals surface area contributed by atoms with Gasteiger partial charge in [-0.05, 0) is 12.5 Å². The van der Waals surface area contributed by atoms with Crippen LogP contribution >= 0.6 is 0 Å². The zero-order chi connectivity index (χ0) is 9.31. The summed E-state index contributed by atoms with van der Waals surface area (Å²) in [6.45, 7) is 2.89. The second-order valence-corrected chi connectivity index (χ2v) is 3.79. The highest BCUT2D eigenvalue weighted by Crippen LogP contribution is 2.30. The van der Waals surface area contributed by atoms with Gasteiger partial charge in [-0.3, -0.25) is 0 Å². The van der Waals surface area contributed by atoms with Crippen LogP contribution in [0.25, 0.3) is 0 Å². The SMILES string of the molecule is Cc1ccc(C[C@]2(CO)CO2)cc1. The van der Waals surface area contributed by atoms with Crippen molar-refractivity contribution < 1.29 is 9.84 Å². The third-order valence-electron chi connectivity index (χ3n) is 2.49.